The summed E-state index contributed by atoms with van der Waals surface area (Å²) in [6.45, 7) is 5.37. The first-order chi connectivity index (χ1) is 14.8. The number of nitro groups is 1. The number of pyridine rings is 1. The Morgan fingerprint density at radius 3 is 2.45 bits per heavy atom. The Morgan fingerprint density at radius 2 is 1.84 bits per heavy atom. The van der Waals surface area contributed by atoms with E-state index in [2.05, 4.69) is 10.3 Å². The first-order valence-corrected chi connectivity index (χ1v) is 9.62. The molecular formula is C22H21N3O6. The fraction of sp³-hybridized carbons (Fsp3) is 0.227. The smallest absolute Gasteiger partial charge is 0.341 e. The van der Waals surface area contributed by atoms with E-state index in [1.165, 1.54) is 30.5 Å². The fourth-order valence-electron chi connectivity index (χ4n) is 2.91. The van der Waals surface area contributed by atoms with E-state index in [9.17, 15) is 19.7 Å². The zero-order valence-corrected chi connectivity index (χ0v) is 17.2. The number of esters is 2. The van der Waals surface area contributed by atoms with E-state index in [4.69, 9.17) is 9.47 Å². The molecule has 160 valence electrons. The molecule has 9 nitrogen and oxygen atoms in total. The lowest BCUT2D eigenvalue weighted by Gasteiger charge is -2.15. The lowest BCUT2D eigenvalue weighted by atomic mass is 10.1. The van der Waals surface area contributed by atoms with Gasteiger partial charge < -0.3 is 14.8 Å². The van der Waals surface area contributed by atoms with Gasteiger partial charge >= 0.3 is 11.9 Å². The average Bonchev–Trinajstić information content (AvgIpc) is 2.73. The molecule has 0 atom stereocenters. The number of nitro benzene ring substituents is 1. The monoisotopic (exact) mass is 423 g/mol. The predicted molar refractivity (Wildman–Crippen MR) is 115 cm³/mol. The van der Waals surface area contributed by atoms with E-state index in [-0.39, 0.29) is 24.0 Å². The van der Waals surface area contributed by atoms with Gasteiger partial charge in [-0.1, -0.05) is 0 Å². The summed E-state index contributed by atoms with van der Waals surface area (Å²) in [5, 5.41) is 14.5. The quantitative estimate of drug-likeness (QED) is 0.332. The minimum atomic E-state index is -0.587. The maximum Gasteiger partial charge on any atom is 0.341 e. The molecule has 31 heavy (non-hydrogen) atoms. The minimum Gasteiger partial charge on any atom is -0.462 e. The van der Waals surface area contributed by atoms with Gasteiger partial charge in [0.05, 0.1) is 34.4 Å². The standard InChI is InChI=1S/C22H21N3O6/c1-4-30-22(27)18-12-23-19-10-5-14(21(26)31-13(2)3)11-17(19)20(18)24-15-6-8-16(9-7-15)25(28)29/h5-13H,4H2,1-3H3,(H,23,24). The maximum absolute atomic E-state index is 12.5. The van der Waals surface area contributed by atoms with Gasteiger partial charge in [-0.15, -0.1) is 0 Å². The average molecular weight is 423 g/mol. The number of ether oxygens (including phenoxy) is 2. The number of non-ortho nitro benzene ring substituents is 1. The molecule has 0 fully saturated rings. The lowest BCUT2D eigenvalue weighted by Crippen LogP contribution is -2.12. The van der Waals surface area contributed by atoms with Gasteiger partial charge in [0, 0.05) is 29.4 Å². The fourth-order valence-corrected chi connectivity index (χ4v) is 2.91. The number of hydrogen-bond acceptors (Lipinski definition) is 8. The van der Waals surface area contributed by atoms with E-state index in [0.29, 0.717) is 27.8 Å². The van der Waals surface area contributed by atoms with E-state index in [1.54, 1.807) is 39.0 Å². The summed E-state index contributed by atoms with van der Waals surface area (Å²) in [4.78, 5) is 39.6. The largest absolute Gasteiger partial charge is 0.462 e. The molecule has 0 radical (unpaired) electrons. The Morgan fingerprint density at radius 1 is 1.13 bits per heavy atom. The summed E-state index contributed by atoms with van der Waals surface area (Å²) in [6.07, 6.45) is 1.10. The molecule has 3 aromatic rings. The molecule has 0 spiro atoms. The van der Waals surface area contributed by atoms with E-state index in [1.807, 2.05) is 0 Å². The van der Waals surface area contributed by atoms with Crippen molar-refractivity contribution in [2.75, 3.05) is 11.9 Å². The highest BCUT2D eigenvalue weighted by atomic mass is 16.6. The second kappa shape index (κ2) is 9.21. The first kappa shape index (κ1) is 21.7. The molecular weight excluding hydrogens is 402 g/mol. The molecule has 0 bridgehead atoms. The first-order valence-electron chi connectivity index (χ1n) is 9.62. The highest BCUT2D eigenvalue weighted by Crippen LogP contribution is 2.31. The van der Waals surface area contributed by atoms with Crippen molar-refractivity contribution in [3.05, 3.63) is 69.9 Å². The number of nitrogens with zero attached hydrogens (tertiary/aromatic N) is 2. The molecule has 1 heterocycles. The number of benzene rings is 2. The Kier molecular flexibility index (Phi) is 6.44. The van der Waals surface area contributed by atoms with Crippen LogP contribution in [0.2, 0.25) is 0 Å². The van der Waals surface area contributed by atoms with Crippen LogP contribution in [0.4, 0.5) is 17.1 Å². The molecule has 1 N–H and O–H groups in total. The summed E-state index contributed by atoms with van der Waals surface area (Å²) in [7, 11) is 0. The molecule has 0 saturated carbocycles. The van der Waals surface area contributed by atoms with Crippen LogP contribution < -0.4 is 5.32 Å². The molecule has 2 aromatic carbocycles. The number of nitrogens with one attached hydrogen (secondary N) is 1. The van der Waals surface area contributed by atoms with Crippen LogP contribution >= 0.6 is 0 Å². The van der Waals surface area contributed by atoms with Gasteiger partial charge in [0.2, 0.25) is 0 Å². The van der Waals surface area contributed by atoms with Gasteiger partial charge in [-0.25, -0.2) is 9.59 Å². The van der Waals surface area contributed by atoms with Gasteiger partial charge in [0.15, 0.2) is 0 Å². The van der Waals surface area contributed by atoms with Gasteiger partial charge in [0.1, 0.15) is 5.56 Å². The molecule has 0 aliphatic heterocycles. The van der Waals surface area contributed by atoms with Crippen molar-refractivity contribution in [2.45, 2.75) is 26.9 Å². The zero-order valence-electron chi connectivity index (χ0n) is 17.2. The van der Waals surface area contributed by atoms with Crippen LogP contribution in [-0.4, -0.2) is 34.6 Å². The van der Waals surface area contributed by atoms with Crippen molar-refractivity contribution >= 4 is 39.9 Å². The molecule has 0 saturated heterocycles. The van der Waals surface area contributed by atoms with Gasteiger partial charge in [-0.05, 0) is 51.1 Å². The molecule has 9 heteroatoms. The molecule has 0 amide bonds. The van der Waals surface area contributed by atoms with Crippen molar-refractivity contribution in [3.8, 4) is 0 Å². The maximum atomic E-state index is 12.5. The number of rotatable bonds is 7. The highest BCUT2D eigenvalue weighted by molar-refractivity contribution is 6.07. The topological polar surface area (TPSA) is 121 Å². The van der Waals surface area contributed by atoms with Crippen LogP contribution in [0, 0.1) is 10.1 Å². The third kappa shape index (κ3) is 4.95. The summed E-state index contributed by atoms with van der Waals surface area (Å²) < 4.78 is 10.4. The number of anilines is 2. The van der Waals surface area contributed by atoms with Gasteiger partial charge in [-0.2, -0.15) is 0 Å². The second-order valence-corrected chi connectivity index (χ2v) is 6.88. The molecule has 3 rings (SSSR count). The molecule has 0 unspecified atom stereocenters. The number of hydrogen-bond donors (Lipinski definition) is 1. The zero-order chi connectivity index (χ0) is 22.5. The Bertz CT molecular complexity index is 1140. The van der Waals surface area contributed by atoms with Gasteiger partial charge in [0.25, 0.3) is 5.69 Å². The Balaban J connectivity index is 2.12. The number of carbonyl (C=O) groups is 2. The van der Waals surface area contributed by atoms with E-state index >= 15 is 0 Å². The highest BCUT2D eigenvalue weighted by Gasteiger charge is 2.19. The summed E-state index contributed by atoms with van der Waals surface area (Å²) in [5.74, 6) is -1.09. The van der Waals surface area contributed by atoms with Crippen LogP contribution in [0.5, 0.6) is 0 Å². The summed E-state index contributed by atoms with van der Waals surface area (Å²) in [5.41, 5.74) is 1.83. The van der Waals surface area contributed by atoms with E-state index < -0.39 is 16.9 Å². The van der Waals surface area contributed by atoms with Crippen molar-refractivity contribution in [3.63, 3.8) is 0 Å². The Labute approximate surface area is 178 Å². The predicted octanol–water partition coefficient (Wildman–Crippen LogP) is 4.63. The van der Waals surface area contributed by atoms with Crippen LogP contribution in [0.25, 0.3) is 10.9 Å². The number of carbonyl (C=O) groups excluding carboxylic acids is 2. The third-order valence-corrected chi connectivity index (χ3v) is 4.29. The van der Waals surface area contributed by atoms with Crippen LogP contribution in [-0.2, 0) is 9.47 Å². The van der Waals surface area contributed by atoms with Crippen LogP contribution in [0.15, 0.2) is 48.7 Å². The van der Waals surface area contributed by atoms with Crippen molar-refractivity contribution in [2.24, 2.45) is 0 Å². The van der Waals surface area contributed by atoms with Crippen molar-refractivity contribution in [1.29, 1.82) is 0 Å². The van der Waals surface area contributed by atoms with Crippen molar-refractivity contribution in [1.82, 2.24) is 4.98 Å². The molecule has 1 aromatic heterocycles. The SMILES string of the molecule is CCOC(=O)c1cnc2ccc(C(=O)OC(C)C)cc2c1Nc1ccc([N+](=O)[O-])cc1. The second-order valence-electron chi connectivity index (χ2n) is 6.88. The number of fused-ring (bicyclic) bond motifs is 1. The molecule has 0 aliphatic rings. The van der Waals surface area contributed by atoms with E-state index in [0.717, 1.165) is 0 Å². The Hall–Kier alpha value is -4.01. The van der Waals surface area contributed by atoms with Crippen LogP contribution in [0.1, 0.15) is 41.5 Å². The molecule has 0 aliphatic carbocycles. The van der Waals surface area contributed by atoms with Crippen molar-refractivity contribution < 1.29 is 24.0 Å². The summed E-state index contributed by atoms with van der Waals surface area (Å²) in [6, 6.07) is 10.6. The van der Waals surface area contributed by atoms with Crippen LogP contribution in [0.3, 0.4) is 0 Å². The van der Waals surface area contributed by atoms with Gasteiger partial charge in [-0.3, -0.25) is 15.1 Å². The minimum absolute atomic E-state index is 0.0607. The lowest BCUT2D eigenvalue weighted by molar-refractivity contribution is -0.384. The number of aromatic nitrogens is 1. The third-order valence-electron chi connectivity index (χ3n) is 4.29. The normalized spacial score (nSPS) is 10.7. The summed E-state index contributed by atoms with van der Waals surface area (Å²) >= 11 is 0.